The molecule has 0 radical (unpaired) electrons. The van der Waals surface area contributed by atoms with E-state index in [1.165, 1.54) is 0 Å². The number of hydrogen-bond acceptors (Lipinski definition) is 3. The summed E-state index contributed by atoms with van der Waals surface area (Å²) in [6, 6.07) is 0. The quantitative estimate of drug-likeness (QED) is 0.774. The van der Waals surface area contributed by atoms with Gasteiger partial charge in [0.05, 0.1) is 6.33 Å². The summed E-state index contributed by atoms with van der Waals surface area (Å²) in [5, 5.41) is 0. The van der Waals surface area contributed by atoms with Crippen LogP contribution in [0.5, 0.6) is 0 Å². The highest BCUT2D eigenvalue weighted by atomic mass is 16.2. The van der Waals surface area contributed by atoms with Crippen LogP contribution in [0.3, 0.4) is 0 Å². The molecule has 0 fully saturated rings. The molecule has 0 aliphatic carbocycles. The fourth-order valence-electron chi connectivity index (χ4n) is 1.58. The van der Waals surface area contributed by atoms with Gasteiger partial charge < -0.3 is 15.2 Å². The molecule has 90 valence electrons. The molecule has 0 unspecified atom stereocenters. The summed E-state index contributed by atoms with van der Waals surface area (Å²) in [5.74, 6) is 0.000112. The number of amides is 1. The van der Waals surface area contributed by atoms with Crippen LogP contribution < -0.4 is 5.73 Å². The van der Waals surface area contributed by atoms with Crippen molar-refractivity contribution in [1.29, 1.82) is 0 Å². The highest BCUT2D eigenvalue weighted by Crippen LogP contribution is 2.03. The lowest BCUT2D eigenvalue weighted by Crippen LogP contribution is -2.31. The molecule has 5 nitrogen and oxygen atoms in total. The molecule has 2 N–H and O–H groups in total. The molecule has 0 atom stereocenters. The zero-order valence-electron chi connectivity index (χ0n) is 10.0. The van der Waals surface area contributed by atoms with Gasteiger partial charge in [0.1, 0.15) is 5.69 Å². The second kappa shape index (κ2) is 6.27. The Balaban J connectivity index is 2.70. The van der Waals surface area contributed by atoms with Crippen LogP contribution in [-0.2, 0) is 6.54 Å². The normalized spacial score (nSPS) is 10.4. The first-order valence-electron chi connectivity index (χ1n) is 5.74. The Morgan fingerprint density at radius 3 is 2.88 bits per heavy atom. The lowest BCUT2D eigenvalue weighted by atomic mass is 10.3. The summed E-state index contributed by atoms with van der Waals surface area (Å²) < 4.78 is 1.84. The first-order valence-corrected chi connectivity index (χ1v) is 5.74. The van der Waals surface area contributed by atoms with Crippen LogP contribution in [0.4, 0.5) is 0 Å². The zero-order chi connectivity index (χ0) is 12.0. The van der Waals surface area contributed by atoms with Crippen LogP contribution in [0.2, 0.25) is 0 Å². The van der Waals surface area contributed by atoms with Crippen molar-refractivity contribution in [1.82, 2.24) is 14.5 Å². The Morgan fingerprint density at radius 2 is 2.31 bits per heavy atom. The molecule has 1 aromatic rings. The van der Waals surface area contributed by atoms with Crippen molar-refractivity contribution < 1.29 is 4.79 Å². The van der Waals surface area contributed by atoms with Gasteiger partial charge in [-0.15, -0.1) is 0 Å². The molecule has 0 spiro atoms. The molecule has 1 heterocycles. The highest BCUT2D eigenvalue weighted by molar-refractivity contribution is 5.92. The second-order valence-electron chi connectivity index (χ2n) is 3.67. The maximum Gasteiger partial charge on any atom is 0.274 e. The molecule has 16 heavy (non-hydrogen) atoms. The molecule has 5 heteroatoms. The van der Waals surface area contributed by atoms with Gasteiger partial charge in [-0.3, -0.25) is 4.79 Å². The average Bonchev–Trinajstić information content (AvgIpc) is 2.74. The Labute approximate surface area is 96.3 Å². The van der Waals surface area contributed by atoms with Crippen molar-refractivity contribution in [2.45, 2.75) is 26.8 Å². The summed E-state index contributed by atoms with van der Waals surface area (Å²) >= 11 is 0. The largest absolute Gasteiger partial charge is 0.338 e. The van der Waals surface area contributed by atoms with Gasteiger partial charge in [0.2, 0.25) is 0 Å². The summed E-state index contributed by atoms with van der Waals surface area (Å²) in [6.07, 6.45) is 4.37. The number of hydrogen-bond donors (Lipinski definition) is 1. The predicted octanol–water partition coefficient (Wildman–Crippen LogP) is 0.714. The fraction of sp³-hybridized carbons (Fsp3) is 0.636. The van der Waals surface area contributed by atoms with E-state index >= 15 is 0 Å². The first-order chi connectivity index (χ1) is 7.72. The first kappa shape index (κ1) is 12.7. The molecule has 1 rings (SSSR count). The van der Waals surface area contributed by atoms with E-state index in [0.717, 1.165) is 19.5 Å². The Kier molecular flexibility index (Phi) is 4.98. The van der Waals surface area contributed by atoms with Gasteiger partial charge in [-0.1, -0.05) is 6.92 Å². The summed E-state index contributed by atoms with van der Waals surface area (Å²) in [4.78, 5) is 17.9. The molecule has 1 aromatic heterocycles. The maximum absolute atomic E-state index is 12.0. The molecule has 0 aliphatic rings. The fourth-order valence-corrected chi connectivity index (χ4v) is 1.58. The highest BCUT2D eigenvalue weighted by Gasteiger charge is 2.15. The third kappa shape index (κ3) is 3.06. The minimum absolute atomic E-state index is 0.000112. The Morgan fingerprint density at radius 1 is 1.56 bits per heavy atom. The number of carbonyl (C=O) groups is 1. The van der Waals surface area contributed by atoms with Gasteiger partial charge in [-0.2, -0.15) is 0 Å². The van der Waals surface area contributed by atoms with Gasteiger partial charge in [0.25, 0.3) is 5.91 Å². The third-order valence-corrected chi connectivity index (χ3v) is 2.40. The predicted molar refractivity (Wildman–Crippen MR) is 63.1 cm³/mol. The van der Waals surface area contributed by atoms with E-state index in [-0.39, 0.29) is 5.91 Å². The maximum atomic E-state index is 12.0. The van der Waals surface area contributed by atoms with E-state index in [2.05, 4.69) is 11.9 Å². The van der Waals surface area contributed by atoms with E-state index in [0.29, 0.717) is 18.8 Å². The SMILES string of the molecule is CCCN(CC)C(=O)c1cn(CCN)cn1. The van der Waals surface area contributed by atoms with Crippen molar-refractivity contribution in [3.8, 4) is 0 Å². The van der Waals surface area contributed by atoms with Gasteiger partial charge in [-0.25, -0.2) is 4.98 Å². The molecular weight excluding hydrogens is 204 g/mol. The van der Waals surface area contributed by atoms with E-state index < -0.39 is 0 Å². The lowest BCUT2D eigenvalue weighted by Gasteiger charge is -2.18. The number of carbonyl (C=O) groups excluding carboxylic acids is 1. The van der Waals surface area contributed by atoms with Crippen LogP contribution in [0.25, 0.3) is 0 Å². The van der Waals surface area contributed by atoms with E-state index in [9.17, 15) is 4.79 Å². The minimum Gasteiger partial charge on any atom is -0.338 e. The third-order valence-electron chi connectivity index (χ3n) is 2.40. The Hall–Kier alpha value is -1.36. The molecular formula is C11H20N4O. The molecule has 0 aliphatic heterocycles. The summed E-state index contributed by atoms with van der Waals surface area (Å²) in [5.41, 5.74) is 5.94. The van der Waals surface area contributed by atoms with Crippen molar-refractivity contribution in [2.24, 2.45) is 5.73 Å². The van der Waals surface area contributed by atoms with Crippen molar-refractivity contribution in [3.63, 3.8) is 0 Å². The second-order valence-corrected chi connectivity index (χ2v) is 3.67. The van der Waals surface area contributed by atoms with Crippen molar-refractivity contribution in [2.75, 3.05) is 19.6 Å². The molecule has 0 saturated carbocycles. The van der Waals surface area contributed by atoms with Gasteiger partial charge in [0, 0.05) is 32.4 Å². The minimum atomic E-state index is 0.000112. The van der Waals surface area contributed by atoms with E-state index in [4.69, 9.17) is 5.73 Å². The molecule has 0 saturated heterocycles. The molecule has 0 aromatic carbocycles. The standard InChI is InChI=1S/C11H20N4O/c1-3-6-15(4-2)11(16)10-8-14(7-5-12)9-13-10/h8-9H,3-7,12H2,1-2H3. The number of rotatable bonds is 6. The molecule has 0 bridgehead atoms. The average molecular weight is 224 g/mol. The van der Waals surface area contributed by atoms with E-state index in [1.807, 2.05) is 11.5 Å². The zero-order valence-corrected chi connectivity index (χ0v) is 10.0. The number of nitrogens with zero attached hydrogens (tertiary/aromatic N) is 3. The summed E-state index contributed by atoms with van der Waals surface area (Å²) in [7, 11) is 0. The van der Waals surface area contributed by atoms with Gasteiger partial charge >= 0.3 is 0 Å². The Bertz CT molecular complexity index is 334. The smallest absolute Gasteiger partial charge is 0.274 e. The van der Waals surface area contributed by atoms with Gasteiger partial charge in [0.15, 0.2) is 0 Å². The van der Waals surface area contributed by atoms with Crippen LogP contribution in [-0.4, -0.2) is 40.0 Å². The number of imidazole rings is 1. The monoisotopic (exact) mass is 224 g/mol. The summed E-state index contributed by atoms with van der Waals surface area (Å²) in [6.45, 7) is 6.78. The number of aromatic nitrogens is 2. The van der Waals surface area contributed by atoms with Crippen molar-refractivity contribution in [3.05, 3.63) is 18.2 Å². The molecule has 1 amide bonds. The van der Waals surface area contributed by atoms with Gasteiger partial charge in [-0.05, 0) is 13.3 Å². The lowest BCUT2D eigenvalue weighted by molar-refractivity contribution is 0.0759. The van der Waals surface area contributed by atoms with E-state index in [1.54, 1.807) is 17.4 Å². The number of nitrogens with two attached hydrogens (primary N) is 1. The topological polar surface area (TPSA) is 64.2 Å². The van der Waals surface area contributed by atoms with Crippen LogP contribution >= 0.6 is 0 Å². The van der Waals surface area contributed by atoms with Crippen LogP contribution in [0, 0.1) is 0 Å². The van der Waals surface area contributed by atoms with Crippen molar-refractivity contribution >= 4 is 5.91 Å². The van der Waals surface area contributed by atoms with Crippen LogP contribution in [0.1, 0.15) is 30.8 Å². The van der Waals surface area contributed by atoms with Crippen LogP contribution in [0.15, 0.2) is 12.5 Å².